The van der Waals surface area contributed by atoms with Crippen molar-refractivity contribution in [3.8, 4) is 0 Å². The maximum absolute atomic E-state index is 12.3. The van der Waals surface area contributed by atoms with Crippen LogP contribution < -0.4 is 10.6 Å². The van der Waals surface area contributed by atoms with Crippen molar-refractivity contribution < 1.29 is 8.42 Å². The van der Waals surface area contributed by atoms with Gasteiger partial charge in [0.2, 0.25) is 0 Å². The third-order valence-corrected chi connectivity index (χ3v) is 8.93. The van der Waals surface area contributed by atoms with Gasteiger partial charge in [0.05, 0.1) is 17.0 Å². The summed E-state index contributed by atoms with van der Waals surface area (Å²) in [6.07, 6.45) is 4.72. The van der Waals surface area contributed by atoms with Crippen LogP contribution in [0.4, 0.5) is 0 Å². The van der Waals surface area contributed by atoms with E-state index in [9.17, 15) is 8.42 Å². The highest BCUT2D eigenvalue weighted by atomic mass is 127. The van der Waals surface area contributed by atoms with Gasteiger partial charge in [-0.2, -0.15) is 0 Å². The molecular formula is C23H39IN4O2S. The average Bonchev–Trinajstić information content (AvgIpc) is 2.90. The number of sulfone groups is 1. The van der Waals surface area contributed by atoms with E-state index in [2.05, 4.69) is 50.9 Å². The fourth-order valence-electron chi connectivity index (χ4n) is 4.54. The van der Waals surface area contributed by atoms with Gasteiger partial charge in [-0.3, -0.25) is 9.89 Å². The molecule has 2 aliphatic rings. The van der Waals surface area contributed by atoms with Crippen LogP contribution in [0.2, 0.25) is 0 Å². The van der Waals surface area contributed by atoms with E-state index in [1.54, 1.807) is 20.8 Å². The van der Waals surface area contributed by atoms with E-state index in [0.717, 1.165) is 31.9 Å². The van der Waals surface area contributed by atoms with Crippen molar-refractivity contribution in [2.45, 2.75) is 82.8 Å². The Kier molecular flexibility index (Phi) is 9.63. The van der Waals surface area contributed by atoms with E-state index >= 15 is 0 Å². The lowest BCUT2D eigenvalue weighted by Gasteiger charge is -2.39. The minimum atomic E-state index is -3.16. The molecule has 0 amide bonds. The van der Waals surface area contributed by atoms with Crippen molar-refractivity contribution >= 4 is 39.8 Å². The Morgan fingerprint density at radius 1 is 1.13 bits per heavy atom. The molecule has 176 valence electrons. The van der Waals surface area contributed by atoms with Crippen molar-refractivity contribution in [3.63, 3.8) is 0 Å². The van der Waals surface area contributed by atoms with Gasteiger partial charge in [0.1, 0.15) is 0 Å². The Hall–Kier alpha value is -0.870. The van der Waals surface area contributed by atoms with Gasteiger partial charge in [-0.1, -0.05) is 30.3 Å². The number of nitrogens with one attached hydrogen (secondary N) is 2. The van der Waals surface area contributed by atoms with Gasteiger partial charge in [0, 0.05) is 31.2 Å². The highest BCUT2D eigenvalue weighted by Gasteiger charge is 2.40. The van der Waals surface area contributed by atoms with Crippen LogP contribution >= 0.6 is 24.0 Å². The molecule has 2 unspecified atom stereocenters. The molecule has 6 nitrogen and oxygen atoms in total. The summed E-state index contributed by atoms with van der Waals surface area (Å²) in [5.41, 5.74) is 1.38. The number of guanidine groups is 1. The fraction of sp³-hybridized carbons (Fsp3) is 0.696. The first-order valence-corrected chi connectivity index (χ1v) is 12.9. The zero-order chi connectivity index (χ0) is 21.8. The smallest absolute Gasteiger partial charge is 0.191 e. The normalized spacial score (nSPS) is 24.5. The summed E-state index contributed by atoms with van der Waals surface area (Å²) in [6.45, 7) is 9.35. The van der Waals surface area contributed by atoms with Crippen LogP contribution in [0.1, 0.15) is 58.9 Å². The molecule has 0 aromatic heterocycles. The molecule has 2 bridgehead atoms. The summed E-state index contributed by atoms with van der Waals surface area (Å²) < 4.78 is 24.0. The Bertz CT molecular complexity index is 810. The molecule has 2 aliphatic heterocycles. The zero-order valence-corrected chi connectivity index (χ0v) is 22.4. The molecule has 0 spiro atoms. The molecule has 2 atom stereocenters. The molecule has 2 fully saturated rings. The lowest BCUT2D eigenvalue weighted by atomic mass is 9.96. The number of hydrogen-bond donors (Lipinski definition) is 2. The summed E-state index contributed by atoms with van der Waals surface area (Å²) in [5.74, 6) is 0.816. The number of fused-ring (bicyclic) bond motifs is 2. The van der Waals surface area contributed by atoms with Crippen molar-refractivity contribution in [1.29, 1.82) is 0 Å². The molecule has 31 heavy (non-hydrogen) atoms. The summed E-state index contributed by atoms with van der Waals surface area (Å²) in [5, 5.41) is 6.87. The van der Waals surface area contributed by atoms with Gasteiger partial charge in [0.25, 0.3) is 0 Å². The molecule has 1 aromatic rings. The first kappa shape index (κ1) is 26.4. The number of rotatable bonds is 7. The minimum Gasteiger partial charge on any atom is -0.357 e. The fourth-order valence-corrected chi connectivity index (χ4v) is 5.49. The van der Waals surface area contributed by atoms with E-state index in [0.29, 0.717) is 18.1 Å². The largest absolute Gasteiger partial charge is 0.357 e. The standard InChI is InChI=1S/C23H38N4O2S.HI/c1-5-24-22(25-13-14-30(28,29)23(2,3)4)26-19-15-20-11-12-21(16-19)27(20)17-18-9-7-6-8-10-18;/h6-10,19-21H,5,11-17H2,1-4H3,(H2,24,25,26);1H. The van der Waals surface area contributed by atoms with Gasteiger partial charge in [-0.15, -0.1) is 24.0 Å². The van der Waals surface area contributed by atoms with E-state index in [-0.39, 0.29) is 36.3 Å². The van der Waals surface area contributed by atoms with Crippen LogP contribution in [0.3, 0.4) is 0 Å². The second-order valence-corrected chi connectivity index (χ2v) is 12.4. The monoisotopic (exact) mass is 562 g/mol. The van der Waals surface area contributed by atoms with Crippen molar-refractivity contribution in [2.75, 3.05) is 18.8 Å². The quantitative estimate of drug-likeness (QED) is 0.302. The SMILES string of the molecule is CCNC(=NCCS(=O)(=O)C(C)(C)C)NC1CC2CCC(C1)N2Cc1ccccc1.I. The van der Waals surface area contributed by atoms with Crippen molar-refractivity contribution in [3.05, 3.63) is 35.9 Å². The number of aliphatic imine (C=N–C) groups is 1. The van der Waals surface area contributed by atoms with Gasteiger partial charge >= 0.3 is 0 Å². The maximum Gasteiger partial charge on any atom is 0.191 e. The second kappa shape index (κ2) is 11.3. The Morgan fingerprint density at radius 2 is 1.74 bits per heavy atom. The van der Waals surface area contributed by atoms with E-state index < -0.39 is 14.6 Å². The predicted octanol–water partition coefficient (Wildman–Crippen LogP) is 3.57. The van der Waals surface area contributed by atoms with Crippen LogP contribution in [-0.4, -0.2) is 61.0 Å². The average molecular weight is 563 g/mol. The minimum absolute atomic E-state index is 0. The van der Waals surface area contributed by atoms with Gasteiger partial charge in [-0.25, -0.2) is 8.42 Å². The molecule has 0 radical (unpaired) electrons. The number of benzene rings is 1. The van der Waals surface area contributed by atoms with Crippen molar-refractivity contribution in [1.82, 2.24) is 15.5 Å². The molecule has 2 saturated heterocycles. The third kappa shape index (κ3) is 7.05. The van der Waals surface area contributed by atoms with Crippen LogP contribution in [0, 0.1) is 0 Å². The van der Waals surface area contributed by atoms with Crippen LogP contribution in [0.25, 0.3) is 0 Å². The third-order valence-electron chi connectivity index (χ3n) is 6.34. The van der Waals surface area contributed by atoms with Gasteiger partial charge in [0.15, 0.2) is 15.8 Å². The second-order valence-electron chi connectivity index (χ2n) is 9.55. The molecule has 1 aromatic carbocycles. The first-order valence-electron chi connectivity index (χ1n) is 11.3. The number of hydrogen-bond acceptors (Lipinski definition) is 4. The Labute approximate surface area is 205 Å². The highest BCUT2D eigenvalue weighted by molar-refractivity contribution is 14.0. The molecular weight excluding hydrogens is 523 g/mol. The highest BCUT2D eigenvalue weighted by Crippen LogP contribution is 2.36. The molecule has 0 saturated carbocycles. The van der Waals surface area contributed by atoms with Gasteiger partial charge in [-0.05, 0) is 58.9 Å². The van der Waals surface area contributed by atoms with E-state index in [1.165, 1.54) is 18.4 Å². The van der Waals surface area contributed by atoms with Crippen LogP contribution in [-0.2, 0) is 16.4 Å². The van der Waals surface area contributed by atoms with E-state index in [1.807, 2.05) is 6.92 Å². The van der Waals surface area contributed by atoms with Crippen molar-refractivity contribution in [2.24, 2.45) is 4.99 Å². The number of piperidine rings is 1. The van der Waals surface area contributed by atoms with Crippen LogP contribution in [0.5, 0.6) is 0 Å². The first-order chi connectivity index (χ1) is 14.2. The summed E-state index contributed by atoms with van der Waals surface area (Å²) in [6, 6.07) is 12.3. The lowest BCUT2D eigenvalue weighted by molar-refractivity contribution is 0.114. The molecule has 8 heteroatoms. The molecule has 0 aliphatic carbocycles. The summed E-state index contributed by atoms with van der Waals surface area (Å²) in [4.78, 5) is 7.24. The molecule has 2 heterocycles. The van der Waals surface area contributed by atoms with Crippen LogP contribution in [0.15, 0.2) is 35.3 Å². The van der Waals surface area contributed by atoms with E-state index in [4.69, 9.17) is 0 Å². The number of nitrogens with zero attached hydrogens (tertiary/aromatic N) is 2. The lowest BCUT2D eigenvalue weighted by Crippen LogP contribution is -2.52. The van der Waals surface area contributed by atoms with Gasteiger partial charge < -0.3 is 10.6 Å². The zero-order valence-electron chi connectivity index (χ0n) is 19.3. The predicted molar refractivity (Wildman–Crippen MR) is 140 cm³/mol. The molecule has 3 rings (SSSR count). The number of halogens is 1. The Balaban J connectivity index is 0.00000341. The molecule has 2 N–H and O–H groups in total. The Morgan fingerprint density at radius 3 is 2.29 bits per heavy atom. The maximum atomic E-state index is 12.3. The topological polar surface area (TPSA) is 73.8 Å². The summed E-state index contributed by atoms with van der Waals surface area (Å²) >= 11 is 0. The summed E-state index contributed by atoms with van der Waals surface area (Å²) in [7, 11) is -3.16.